The highest BCUT2D eigenvalue weighted by atomic mass is 16.7. The summed E-state index contributed by atoms with van der Waals surface area (Å²) in [6.07, 6.45) is 0. The number of fused-ring (bicyclic) bond motifs is 1. The SMILES string of the molecule is O=C1c2ccccc2C(=O)N1Oc1ccccc1[N+](=O)[O-]. The summed E-state index contributed by atoms with van der Waals surface area (Å²) < 4.78 is 0. The lowest BCUT2D eigenvalue weighted by molar-refractivity contribution is -0.386. The molecule has 104 valence electrons. The number of nitrogens with zero attached hydrogens (tertiary/aromatic N) is 2. The Bertz CT molecular complexity index is 736. The predicted molar refractivity (Wildman–Crippen MR) is 70.7 cm³/mol. The van der Waals surface area contributed by atoms with Crippen LogP contribution in [0.4, 0.5) is 5.69 Å². The quantitative estimate of drug-likeness (QED) is 0.489. The third-order valence-electron chi connectivity index (χ3n) is 3.01. The number of hydrogen-bond acceptors (Lipinski definition) is 5. The van der Waals surface area contributed by atoms with E-state index in [0.29, 0.717) is 5.06 Å². The average Bonchev–Trinajstić information content (AvgIpc) is 2.73. The summed E-state index contributed by atoms with van der Waals surface area (Å²) in [6, 6.07) is 11.8. The first-order chi connectivity index (χ1) is 10.1. The molecule has 0 saturated heterocycles. The van der Waals surface area contributed by atoms with Gasteiger partial charge in [-0.25, -0.2) is 0 Å². The third kappa shape index (κ3) is 2.00. The minimum Gasteiger partial charge on any atom is -0.361 e. The minimum absolute atomic E-state index is 0.169. The molecule has 0 spiro atoms. The Kier molecular flexibility index (Phi) is 2.87. The van der Waals surface area contributed by atoms with E-state index in [4.69, 9.17) is 4.84 Å². The van der Waals surface area contributed by atoms with E-state index < -0.39 is 16.7 Å². The predicted octanol–water partition coefficient (Wildman–Crippen LogP) is 2.18. The van der Waals surface area contributed by atoms with Gasteiger partial charge < -0.3 is 4.84 Å². The second-order valence-corrected chi connectivity index (χ2v) is 4.27. The van der Waals surface area contributed by atoms with Crippen molar-refractivity contribution in [2.24, 2.45) is 0 Å². The molecule has 7 heteroatoms. The number of hydroxylamine groups is 2. The first-order valence-electron chi connectivity index (χ1n) is 5.99. The molecule has 0 atom stereocenters. The molecular weight excluding hydrogens is 276 g/mol. The first-order valence-corrected chi connectivity index (χ1v) is 5.99. The number of benzene rings is 2. The topological polar surface area (TPSA) is 89.8 Å². The Balaban J connectivity index is 1.96. The summed E-state index contributed by atoms with van der Waals surface area (Å²) in [6.45, 7) is 0. The number of carbonyl (C=O) groups excluding carboxylic acids is 2. The molecule has 1 heterocycles. The van der Waals surface area contributed by atoms with Crippen molar-refractivity contribution < 1.29 is 19.3 Å². The van der Waals surface area contributed by atoms with E-state index in [2.05, 4.69) is 0 Å². The van der Waals surface area contributed by atoms with Crippen LogP contribution in [-0.2, 0) is 0 Å². The van der Waals surface area contributed by atoms with Crippen LogP contribution in [0, 0.1) is 10.1 Å². The van der Waals surface area contributed by atoms with Gasteiger partial charge in [-0.3, -0.25) is 19.7 Å². The molecule has 2 aromatic rings. The molecule has 0 aliphatic carbocycles. The van der Waals surface area contributed by atoms with Gasteiger partial charge in [0.25, 0.3) is 11.8 Å². The van der Waals surface area contributed by atoms with Gasteiger partial charge in [-0.1, -0.05) is 29.3 Å². The zero-order chi connectivity index (χ0) is 15.0. The number of imide groups is 1. The lowest BCUT2D eigenvalue weighted by Crippen LogP contribution is -2.33. The third-order valence-corrected chi connectivity index (χ3v) is 3.01. The minimum atomic E-state index is -0.645. The molecule has 3 rings (SSSR count). The molecule has 2 aromatic carbocycles. The first kappa shape index (κ1) is 12.8. The molecule has 21 heavy (non-hydrogen) atoms. The van der Waals surface area contributed by atoms with Crippen molar-refractivity contribution in [3.05, 3.63) is 69.8 Å². The summed E-state index contributed by atoms with van der Waals surface area (Å²) in [7, 11) is 0. The van der Waals surface area contributed by atoms with Crippen molar-refractivity contribution in [3.8, 4) is 5.75 Å². The van der Waals surface area contributed by atoms with E-state index >= 15 is 0 Å². The standard InChI is InChI=1S/C14H8N2O5/c17-13-9-5-1-2-6-10(9)14(18)15(13)21-12-8-4-3-7-11(12)16(19)20/h1-8H. The van der Waals surface area contributed by atoms with E-state index in [1.807, 2.05) is 0 Å². The molecule has 2 amide bonds. The largest absolute Gasteiger partial charge is 0.361 e. The highest BCUT2D eigenvalue weighted by molar-refractivity contribution is 6.20. The Labute approximate surface area is 118 Å². The van der Waals surface area contributed by atoms with E-state index in [1.54, 1.807) is 12.1 Å². The average molecular weight is 284 g/mol. The molecule has 7 nitrogen and oxygen atoms in total. The monoisotopic (exact) mass is 284 g/mol. The van der Waals surface area contributed by atoms with Crippen LogP contribution in [0.2, 0.25) is 0 Å². The normalized spacial score (nSPS) is 13.2. The number of para-hydroxylation sites is 2. The Morgan fingerprint density at radius 2 is 1.43 bits per heavy atom. The van der Waals surface area contributed by atoms with Crippen LogP contribution < -0.4 is 4.84 Å². The second-order valence-electron chi connectivity index (χ2n) is 4.27. The van der Waals surface area contributed by atoms with E-state index in [1.165, 1.54) is 36.4 Å². The fourth-order valence-corrected chi connectivity index (χ4v) is 2.03. The van der Waals surface area contributed by atoms with Crippen LogP contribution in [0.15, 0.2) is 48.5 Å². The molecule has 0 fully saturated rings. The maximum absolute atomic E-state index is 12.1. The highest BCUT2D eigenvalue weighted by Gasteiger charge is 2.38. The van der Waals surface area contributed by atoms with Gasteiger partial charge >= 0.3 is 5.69 Å². The van der Waals surface area contributed by atoms with Crippen molar-refractivity contribution in [1.29, 1.82) is 0 Å². The van der Waals surface area contributed by atoms with Crippen LogP contribution >= 0.6 is 0 Å². The smallest absolute Gasteiger partial charge is 0.314 e. The van der Waals surface area contributed by atoms with E-state index in [9.17, 15) is 19.7 Å². The van der Waals surface area contributed by atoms with Crippen molar-refractivity contribution in [2.75, 3.05) is 0 Å². The zero-order valence-electron chi connectivity index (χ0n) is 10.6. The van der Waals surface area contributed by atoms with Crippen molar-refractivity contribution in [1.82, 2.24) is 5.06 Å². The fraction of sp³-hybridized carbons (Fsp3) is 0. The molecule has 0 aromatic heterocycles. The second kappa shape index (κ2) is 4.71. The Hall–Kier alpha value is -3.22. The van der Waals surface area contributed by atoms with E-state index in [-0.39, 0.29) is 22.6 Å². The fourth-order valence-electron chi connectivity index (χ4n) is 2.03. The van der Waals surface area contributed by atoms with Gasteiger partial charge in [0.15, 0.2) is 0 Å². The van der Waals surface area contributed by atoms with Gasteiger partial charge in [0.2, 0.25) is 5.75 Å². The number of nitro benzene ring substituents is 1. The van der Waals surface area contributed by atoms with Crippen molar-refractivity contribution >= 4 is 17.5 Å². The van der Waals surface area contributed by atoms with Crippen LogP contribution in [0.3, 0.4) is 0 Å². The van der Waals surface area contributed by atoms with Gasteiger partial charge in [-0.05, 0) is 18.2 Å². The number of nitro groups is 1. The number of rotatable bonds is 3. The van der Waals surface area contributed by atoms with Crippen LogP contribution in [0.25, 0.3) is 0 Å². The van der Waals surface area contributed by atoms with Crippen LogP contribution in [-0.4, -0.2) is 21.8 Å². The van der Waals surface area contributed by atoms with Gasteiger partial charge in [-0.2, -0.15) is 0 Å². The lowest BCUT2D eigenvalue weighted by Gasteiger charge is -2.13. The molecule has 0 unspecified atom stereocenters. The summed E-state index contributed by atoms with van der Waals surface area (Å²) in [5, 5.41) is 11.4. The van der Waals surface area contributed by atoms with Crippen molar-refractivity contribution in [2.45, 2.75) is 0 Å². The van der Waals surface area contributed by atoms with Gasteiger partial charge in [0, 0.05) is 6.07 Å². The van der Waals surface area contributed by atoms with Crippen LogP contribution in [0.1, 0.15) is 20.7 Å². The number of amides is 2. The van der Waals surface area contributed by atoms with Gasteiger partial charge in [0.1, 0.15) is 0 Å². The summed E-state index contributed by atoms with van der Waals surface area (Å²) in [5.41, 5.74) is 0.0937. The highest BCUT2D eigenvalue weighted by Crippen LogP contribution is 2.30. The Morgan fingerprint density at radius 3 is 2.00 bits per heavy atom. The maximum atomic E-state index is 12.1. The summed E-state index contributed by atoms with van der Waals surface area (Å²) >= 11 is 0. The molecule has 0 saturated carbocycles. The summed E-state index contributed by atoms with van der Waals surface area (Å²) in [5.74, 6) is -1.46. The molecule has 0 bridgehead atoms. The number of carbonyl (C=O) groups is 2. The molecule has 1 aliphatic heterocycles. The zero-order valence-corrected chi connectivity index (χ0v) is 10.6. The summed E-state index contributed by atoms with van der Waals surface area (Å²) in [4.78, 5) is 39.6. The number of hydrogen-bond donors (Lipinski definition) is 0. The van der Waals surface area contributed by atoms with Gasteiger partial charge in [-0.15, -0.1) is 0 Å². The van der Waals surface area contributed by atoms with Crippen LogP contribution in [0.5, 0.6) is 5.75 Å². The maximum Gasteiger partial charge on any atom is 0.314 e. The molecular formula is C14H8N2O5. The van der Waals surface area contributed by atoms with Gasteiger partial charge in [0.05, 0.1) is 16.1 Å². The molecule has 1 aliphatic rings. The Morgan fingerprint density at radius 1 is 0.905 bits per heavy atom. The molecule has 0 radical (unpaired) electrons. The molecule has 0 N–H and O–H groups in total. The van der Waals surface area contributed by atoms with Crippen molar-refractivity contribution in [3.63, 3.8) is 0 Å². The van der Waals surface area contributed by atoms with E-state index in [0.717, 1.165) is 0 Å². The lowest BCUT2D eigenvalue weighted by atomic mass is 10.1.